The maximum atomic E-state index is 11.4. The first-order valence-corrected chi connectivity index (χ1v) is 5.77. The van der Waals surface area contributed by atoms with Crippen molar-refractivity contribution >= 4 is 34.7 Å². The van der Waals surface area contributed by atoms with E-state index in [1.54, 1.807) is 11.8 Å². The van der Waals surface area contributed by atoms with Crippen LogP contribution in [0.1, 0.15) is 19.8 Å². The normalized spacial score (nSPS) is 18.6. The smallest absolute Gasteiger partial charge is 0.334 e. The average Bonchev–Trinajstić information content (AvgIpc) is 2.64. The lowest BCUT2D eigenvalue weighted by Gasteiger charge is -2.13. The van der Waals surface area contributed by atoms with Crippen LogP contribution < -0.4 is 5.32 Å². The molecule has 15 heavy (non-hydrogen) atoms. The van der Waals surface area contributed by atoms with Crippen LogP contribution in [0.25, 0.3) is 0 Å². The fraction of sp³-hybridized carbons (Fsp3) is 0.500. The van der Waals surface area contributed by atoms with Gasteiger partial charge in [-0.1, -0.05) is 0 Å². The first-order valence-electron chi connectivity index (χ1n) is 4.78. The van der Waals surface area contributed by atoms with E-state index in [0.29, 0.717) is 6.61 Å². The van der Waals surface area contributed by atoms with E-state index < -0.39 is 0 Å². The van der Waals surface area contributed by atoms with Crippen molar-refractivity contribution in [3.8, 4) is 0 Å². The SMILES string of the molecule is Br.CCOC(=O)C1=CC2=C(CC1)NCS2. The molecule has 2 aliphatic rings. The summed E-state index contributed by atoms with van der Waals surface area (Å²) in [5.74, 6) is 0.767. The zero-order valence-electron chi connectivity index (χ0n) is 8.54. The molecule has 0 unspecified atom stereocenters. The van der Waals surface area contributed by atoms with Crippen LogP contribution in [0.5, 0.6) is 0 Å². The van der Waals surface area contributed by atoms with Gasteiger partial charge in [-0.3, -0.25) is 0 Å². The van der Waals surface area contributed by atoms with Gasteiger partial charge < -0.3 is 10.1 Å². The van der Waals surface area contributed by atoms with Gasteiger partial charge in [-0.15, -0.1) is 28.7 Å². The molecule has 0 amide bonds. The van der Waals surface area contributed by atoms with Gasteiger partial charge in [-0.2, -0.15) is 0 Å². The van der Waals surface area contributed by atoms with E-state index >= 15 is 0 Å². The molecular weight excluding hydrogens is 278 g/mol. The van der Waals surface area contributed by atoms with Crippen LogP contribution in [-0.2, 0) is 9.53 Å². The lowest BCUT2D eigenvalue weighted by atomic mass is 10.0. The molecule has 84 valence electrons. The number of carbonyl (C=O) groups is 1. The quantitative estimate of drug-likeness (QED) is 0.793. The Morgan fingerprint density at radius 2 is 2.40 bits per heavy atom. The maximum absolute atomic E-state index is 11.4. The second kappa shape index (κ2) is 5.61. The van der Waals surface area contributed by atoms with Crippen LogP contribution in [0.2, 0.25) is 0 Å². The molecule has 3 nitrogen and oxygen atoms in total. The first-order chi connectivity index (χ1) is 6.81. The second-order valence-corrected chi connectivity index (χ2v) is 4.22. The number of halogens is 1. The highest BCUT2D eigenvalue weighted by atomic mass is 79.9. The van der Waals surface area contributed by atoms with E-state index in [1.807, 2.05) is 13.0 Å². The predicted octanol–water partition coefficient (Wildman–Crippen LogP) is 2.35. The van der Waals surface area contributed by atoms with Crippen LogP contribution in [0.3, 0.4) is 0 Å². The molecule has 0 saturated heterocycles. The van der Waals surface area contributed by atoms with Crippen LogP contribution in [0, 0.1) is 0 Å². The van der Waals surface area contributed by atoms with E-state index in [0.717, 1.165) is 24.3 Å². The summed E-state index contributed by atoms with van der Waals surface area (Å²) in [6, 6.07) is 0. The van der Waals surface area contributed by atoms with Gasteiger partial charge in [0.1, 0.15) is 0 Å². The summed E-state index contributed by atoms with van der Waals surface area (Å²) in [5.41, 5.74) is 2.09. The lowest BCUT2D eigenvalue weighted by molar-refractivity contribution is -0.138. The van der Waals surface area contributed by atoms with Gasteiger partial charge in [0.25, 0.3) is 0 Å². The van der Waals surface area contributed by atoms with Crippen molar-refractivity contribution in [1.29, 1.82) is 0 Å². The topological polar surface area (TPSA) is 38.3 Å². The molecule has 0 aromatic carbocycles. The predicted molar refractivity (Wildman–Crippen MR) is 66.9 cm³/mol. The number of rotatable bonds is 2. The maximum Gasteiger partial charge on any atom is 0.334 e. The minimum absolute atomic E-state index is 0. The summed E-state index contributed by atoms with van der Waals surface area (Å²) in [7, 11) is 0. The fourth-order valence-corrected chi connectivity index (χ4v) is 2.57. The van der Waals surface area contributed by atoms with Crippen molar-refractivity contribution in [2.24, 2.45) is 0 Å². The van der Waals surface area contributed by atoms with Gasteiger partial charge in [0.15, 0.2) is 0 Å². The zero-order chi connectivity index (χ0) is 9.97. The Morgan fingerprint density at radius 1 is 1.60 bits per heavy atom. The minimum atomic E-state index is -0.161. The molecule has 1 heterocycles. The van der Waals surface area contributed by atoms with Gasteiger partial charge in [0.2, 0.25) is 0 Å². The summed E-state index contributed by atoms with van der Waals surface area (Å²) in [6.07, 6.45) is 3.69. The number of nitrogens with one attached hydrogen (secondary N) is 1. The molecule has 0 spiro atoms. The highest BCUT2D eigenvalue weighted by molar-refractivity contribution is 8.93. The first kappa shape index (κ1) is 12.6. The molecule has 0 aromatic heterocycles. The third-order valence-electron chi connectivity index (χ3n) is 2.30. The fourth-order valence-electron chi connectivity index (χ4n) is 1.59. The Labute approximate surface area is 104 Å². The third kappa shape index (κ3) is 2.78. The van der Waals surface area contributed by atoms with Crippen LogP contribution in [-0.4, -0.2) is 18.5 Å². The molecule has 1 aliphatic heterocycles. The third-order valence-corrected chi connectivity index (χ3v) is 3.26. The van der Waals surface area contributed by atoms with Crippen LogP contribution in [0.15, 0.2) is 22.3 Å². The number of allylic oxidation sites excluding steroid dienone is 2. The van der Waals surface area contributed by atoms with E-state index in [9.17, 15) is 4.79 Å². The Balaban J connectivity index is 0.00000112. The van der Waals surface area contributed by atoms with Crippen molar-refractivity contribution in [1.82, 2.24) is 5.32 Å². The van der Waals surface area contributed by atoms with E-state index in [4.69, 9.17) is 4.74 Å². The number of ether oxygens (including phenoxy) is 1. The van der Waals surface area contributed by atoms with Gasteiger partial charge in [0, 0.05) is 16.2 Å². The van der Waals surface area contributed by atoms with Gasteiger partial charge in [0.05, 0.1) is 12.5 Å². The van der Waals surface area contributed by atoms with E-state index in [1.165, 1.54) is 10.6 Å². The second-order valence-electron chi connectivity index (χ2n) is 3.20. The van der Waals surface area contributed by atoms with Crippen molar-refractivity contribution in [2.45, 2.75) is 19.8 Å². The summed E-state index contributed by atoms with van der Waals surface area (Å²) in [5, 5.41) is 3.30. The van der Waals surface area contributed by atoms with Gasteiger partial charge >= 0.3 is 5.97 Å². The van der Waals surface area contributed by atoms with Gasteiger partial charge in [-0.05, 0) is 25.8 Å². The molecule has 5 heteroatoms. The summed E-state index contributed by atoms with van der Waals surface area (Å²) in [4.78, 5) is 12.7. The molecular formula is C10H14BrNO2S. The summed E-state index contributed by atoms with van der Waals surface area (Å²) in [6.45, 7) is 2.28. The number of thioether (sulfide) groups is 1. The molecule has 0 saturated carbocycles. The van der Waals surface area contributed by atoms with Crippen LogP contribution >= 0.6 is 28.7 Å². The lowest BCUT2D eigenvalue weighted by Crippen LogP contribution is -2.13. The highest BCUT2D eigenvalue weighted by Gasteiger charge is 2.22. The van der Waals surface area contributed by atoms with Crippen molar-refractivity contribution in [3.63, 3.8) is 0 Å². The monoisotopic (exact) mass is 291 g/mol. The minimum Gasteiger partial charge on any atom is -0.463 e. The van der Waals surface area contributed by atoms with Crippen molar-refractivity contribution in [2.75, 3.05) is 12.5 Å². The summed E-state index contributed by atoms with van der Waals surface area (Å²) >= 11 is 1.75. The molecule has 1 aliphatic carbocycles. The molecule has 0 radical (unpaired) electrons. The van der Waals surface area contributed by atoms with Crippen molar-refractivity contribution < 1.29 is 9.53 Å². The molecule has 0 bridgehead atoms. The Morgan fingerprint density at radius 3 is 3.13 bits per heavy atom. The Bertz CT molecular complexity index is 325. The Kier molecular flexibility index (Phi) is 4.73. The molecule has 0 atom stereocenters. The molecule has 0 fully saturated rings. The van der Waals surface area contributed by atoms with Crippen molar-refractivity contribution in [3.05, 3.63) is 22.3 Å². The van der Waals surface area contributed by atoms with Gasteiger partial charge in [-0.25, -0.2) is 4.79 Å². The largest absolute Gasteiger partial charge is 0.463 e. The number of carbonyl (C=O) groups excluding carboxylic acids is 1. The zero-order valence-corrected chi connectivity index (χ0v) is 11.1. The Hall–Kier alpha value is -0.420. The molecule has 2 rings (SSSR count). The molecule has 1 N–H and O–H groups in total. The standard InChI is InChI=1S/C10H13NO2S.BrH/c1-2-13-10(12)7-3-4-8-9(5-7)14-6-11-8;/h5,11H,2-4,6H2,1H3;1H. The number of hydrogen-bond donors (Lipinski definition) is 1. The van der Waals surface area contributed by atoms with E-state index in [-0.39, 0.29) is 23.0 Å². The van der Waals surface area contributed by atoms with Crippen LogP contribution in [0.4, 0.5) is 0 Å². The highest BCUT2D eigenvalue weighted by Crippen LogP contribution is 2.34. The number of hydrogen-bond acceptors (Lipinski definition) is 4. The van der Waals surface area contributed by atoms with E-state index in [2.05, 4.69) is 5.32 Å². The molecule has 0 aromatic rings. The number of esters is 1. The summed E-state index contributed by atoms with van der Waals surface area (Å²) < 4.78 is 4.97. The average molecular weight is 292 g/mol.